The number of aryl methyl sites for hydroxylation is 1. The highest BCUT2D eigenvalue weighted by atomic mass is 35.5. The SMILES string of the molecule is Cc1cc(Cl)cc(C(N)=O)c1NC(=O)c1cc(Cn2nnnc2C(F)(F)F)nn1-c1ncccc1Cl. The molecule has 3 aromatic heterocycles. The van der Waals surface area contributed by atoms with Gasteiger partial charge in [-0.25, -0.2) is 14.3 Å². The van der Waals surface area contributed by atoms with Crippen molar-refractivity contribution in [3.8, 4) is 5.82 Å². The number of tetrazole rings is 1. The monoisotopic (exact) mass is 539 g/mol. The Kier molecular flexibility index (Phi) is 6.65. The molecule has 0 radical (unpaired) electrons. The molecule has 3 heterocycles. The second-order valence-electron chi connectivity index (χ2n) is 7.36. The average molecular weight is 540 g/mol. The Labute approximate surface area is 210 Å². The highest BCUT2D eigenvalue weighted by Gasteiger charge is 2.38. The number of aromatic nitrogens is 7. The van der Waals surface area contributed by atoms with Gasteiger partial charge in [0.25, 0.3) is 17.6 Å². The van der Waals surface area contributed by atoms with Crippen LogP contribution in [-0.4, -0.2) is 46.8 Å². The van der Waals surface area contributed by atoms with Crippen LogP contribution < -0.4 is 11.1 Å². The maximum atomic E-state index is 13.3. The first-order valence-corrected chi connectivity index (χ1v) is 10.7. The normalized spacial score (nSPS) is 11.5. The van der Waals surface area contributed by atoms with E-state index in [1.54, 1.807) is 13.0 Å². The smallest absolute Gasteiger partial charge is 0.366 e. The second-order valence-corrected chi connectivity index (χ2v) is 8.21. The minimum absolute atomic E-state index is 0.0115. The van der Waals surface area contributed by atoms with E-state index in [9.17, 15) is 22.8 Å². The molecule has 0 aliphatic rings. The number of nitrogens with one attached hydrogen (secondary N) is 1. The first-order chi connectivity index (χ1) is 17.0. The largest absolute Gasteiger partial charge is 0.453 e. The molecule has 0 aliphatic carbocycles. The second kappa shape index (κ2) is 9.54. The summed E-state index contributed by atoms with van der Waals surface area (Å²) in [5, 5.41) is 16.5. The average Bonchev–Trinajstić information content (AvgIpc) is 3.43. The fourth-order valence-corrected chi connectivity index (χ4v) is 3.79. The number of rotatable bonds is 6. The van der Waals surface area contributed by atoms with E-state index in [0.717, 1.165) is 4.68 Å². The Balaban J connectivity index is 1.78. The highest BCUT2D eigenvalue weighted by molar-refractivity contribution is 6.32. The number of benzene rings is 1. The fraction of sp³-hybridized carbons (Fsp3) is 0.150. The van der Waals surface area contributed by atoms with Crippen molar-refractivity contribution in [2.75, 3.05) is 5.32 Å². The number of halogens is 5. The van der Waals surface area contributed by atoms with E-state index in [4.69, 9.17) is 28.9 Å². The first kappa shape index (κ1) is 25.1. The van der Waals surface area contributed by atoms with Crippen molar-refractivity contribution in [3.05, 3.63) is 74.9 Å². The Hall–Kier alpha value is -4.04. The van der Waals surface area contributed by atoms with Gasteiger partial charge in [0.1, 0.15) is 5.69 Å². The van der Waals surface area contributed by atoms with Crippen molar-refractivity contribution in [1.82, 2.24) is 35.0 Å². The Morgan fingerprint density at radius 3 is 2.61 bits per heavy atom. The predicted octanol–water partition coefficient (Wildman–Crippen LogP) is 3.29. The molecule has 0 saturated heterocycles. The molecule has 0 bridgehead atoms. The lowest BCUT2D eigenvalue weighted by atomic mass is 10.1. The summed E-state index contributed by atoms with van der Waals surface area (Å²) in [7, 11) is 0. The molecule has 0 fully saturated rings. The Bertz CT molecular complexity index is 1480. The van der Waals surface area contributed by atoms with Crippen molar-refractivity contribution in [1.29, 1.82) is 0 Å². The molecular formula is C20H14Cl2F3N9O2. The van der Waals surface area contributed by atoms with Crippen LogP contribution in [0.5, 0.6) is 0 Å². The van der Waals surface area contributed by atoms with Crippen molar-refractivity contribution in [2.24, 2.45) is 5.73 Å². The molecule has 0 unspecified atom stereocenters. The number of amides is 2. The first-order valence-electron chi connectivity index (χ1n) is 9.90. The van der Waals surface area contributed by atoms with E-state index in [0.29, 0.717) is 10.2 Å². The lowest BCUT2D eigenvalue weighted by Gasteiger charge is -2.13. The van der Waals surface area contributed by atoms with Gasteiger partial charge in [-0.3, -0.25) is 9.59 Å². The van der Waals surface area contributed by atoms with E-state index in [2.05, 4.69) is 30.9 Å². The van der Waals surface area contributed by atoms with Gasteiger partial charge < -0.3 is 11.1 Å². The van der Waals surface area contributed by atoms with Crippen molar-refractivity contribution < 1.29 is 22.8 Å². The molecule has 11 nitrogen and oxygen atoms in total. The molecule has 4 aromatic rings. The number of anilines is 1. The van der Waals surface area contributed by atoms with Gasteiger partial charge in [-0.2, -0.15) is 18.3 Å². The number of carbonyl (C=O) groups is 2. The van der Waals surface area contributed by atoms with E-state index in [1.807, 2.05) is 0 Å². The zero-order chi connectivity index (χ0) is 26.2. The minimum Gasteiger partial charge on any atom is -0.366 e. The highest BCUT2D eigenvalue weighted by Crippen LogP contribution is 2.28. The molecule has 0 saturated carbocycles. The van der Waals surface area contributed by atoms with Gasteiger partial charge in [0.2, 0.25) is 0 Å². The summed E-state index contributed by atoms with van der Waals surface area (Å²) < 4.78 is 41.1. The third kappa shape index (κ3) is 4.99. The number of nitrogens with zero attached hydrogens (tertiary/aromatic N) is 7. The Morgan fingerprint density at radius 2 is 1.94 bits per heavy atom. The molecular weight excluding hydrogens is 526 g/mol. The van der Waals surface area contributed by atoms with Gasteiger partial charge in [-0.1, -0.05) is 23.2 Å². The van der Waals surface area contributed by atoms with Crippen LogP contribution in [0.15, 0.2) is 36.5 Å². The van der Waals surface area contributed by atoms with Crippen molar-refractivity contribution in [3.63, 3.8) is 0 Å². The standard InChI is InChI=1S/C20H14Cl2F3N9O2/c1-9-5-10(21)6-12(16(26)35)15(9)28-18(36)14-7-11(8-33-19(20(23,24)25)29-31-32-33)30-34(14)17-13(22)3-2-4-27-17/h2-7H,8H2,1H3,(H2,26,35)(H,28,36). The van der Waals surface area contributed by atoms with Crippen LogP contribution in [0.4, 0.5) is 18.9 Å². The number of alkyl halides is 3. The van der Waals surface area contributed by atoms with Crippen molar-refractivity contribution >= 4 is 40.7 Å². The number of carbonyl (C=O) groups excluding carboxylic acids is 2. The quantitative estimate of drug-likeness (QED) is 0.382. The lowest BCUT2D eigenvalue weighted by Crippen LogP contribution is -2.21. The van der Waals surface area contributed by atoms with Gasteiger partial charge in [-0.05, 0) is 53.2 Å². The van der Waals surface area contributed by atoms with E-state index in [-0.39, 0.29) is 38.5 Å². The molecule has 4 rings (SSSR count). The number of hydrogen-bond acceptors (Lipinski definition) is 7. The van der Waals surface area contributed by atoms with Gasteiger partial charge in [0.05, 0.1) is 28.5 Å². The molecule has 186 valence electrons. The van der Waals surface area contributed by atoms with E-state index < -0.39 is 30.4 Å². The van der Waals surface area contributed by atoms with Crippen LogP contribution in [0.2, 0.25) is 10.0 Å². The zero-order valence-corrected chi connectivity index (χ0v) is 19.6. The van der Waals surface area contributed by atoms with E-state index >= 15 is 0 Å². The number of pyridine rings is 1. The van der Waals surface area contributed by atoms with Crippen LogP contribution in [0, 0.1) is 6.92 Å². The zero-order valence-electron chi connectivity index (χ0n) is 18.1. The third-order valence-corrected chi connectivity index (χ3v) is 5.35. The molecule has 16 heteroatoms. The fourth-order valence-electron chi connectivity index (χ4n) is 3.31. The van der Waals surface area contributed by atoms with Crippen LogP contribution in [0.3, 0.4) is 0 Å². The summed E-state index contributed by atoms with van der Waals surface area (Å²) in [6.45, 7) is 1.08. The van der Waals surface area contributed by atoms with Crippen LogP contribution in [0.1, 0.15) is 37.9 Å². The molecule has 0 spiro atoms. The molecule has 36 heavy (non-hydrogen) atoms. The molecule has 1 aromatic carbocycles. The van der Waals surface area contributed by atoms with Gasteiger partial charge in [0.15, 0.2) is 5.82 Å². The van der Waals surface area contributed by atoms with Crippen LogP contribution >= 0.6 is 23.2 Å². The van der Waals surface area contributed by atoms with E-state index in [1.165, 1.54) is 30.5 Å². The predicted molar refractivity (Wildman–Crippen MR) is 121 cm³/mol. The number of hydrogen-bond donors (Lipinski definition) is 2. The lowest BCUT2D eigenvalue weighted by molar-refractivity contribution is -0.147. The summed E-state index contributed by atoms with van der Waals surface area (Å²) in [4.78, 5) is 29.4. The minimum atomic E-state index is -4.81. The van der Waals surface area contributed by atoms with Crippen LogP contribution in [0.25, 0.3) is 5.82 Å². The maximum Gasteiger partial charge on any atom is 0.453 e. The Morgan fingerprint density at radius 1 is 1.19 bits per heavy atom. The van der Waals surface area contributed by atoms with Crippen LogP contribution in [-0.2, 0) is 12.7 Å². The van der Waals surface area contributed by atoms with Gasteiger partial charge in [-0.15, -0.1) is 5.10 Å². The number of primary amides is 1. The summed E-state index contributed by atoms with van der Waals surface area (Å²) in [6, 6.07) is 7.06. The molecule has 3 N–H and O–H groups in total. The summed E-state index contributed by atoms with van der Waals surface area (Å²) >= 11 is 12.2. The molecule has 0 atom stereocenters. The van der Waals surface area contributed by atoms with Gasteiger partial charge in [0, 0.05) is 11.2 Å². The van der Waals surface area contributed by atoms with Gasteiger partial charge >= 0.3 is 6.18 Å². The third-order valence-electron chi connectivity index (χ3n) is 4.83. The summed E-state index contributed by atoms with van der Waals surface area (Å²) in [6.07, 6.45) is -3.42. The topological polar surface area (TPSA) is 146 Å². The number of nitrogens with two attached hydrogens (primary N) is 1. The van der Waals surface area contributed by atoms with Crippen molar-refractivity contribution in [2.45, 2.75) is 19.6 Å². The molecule has 2 amide bonds. The summed E-state index contributed by atoms with van der Waals surface area (Å²) in [5.74, 6) is -2.93. The summed E-state index contributed by atoms with van der Waals surface area (Å²) in [5.41, 5.74) is 5.76. The molecule has 0 aliphatic heterocycles. The maximum absolute atomic E-state index is 13.3.